The Labute approximate surface area is 123 Å². The zero-order valence-corrected chi connectivity index (χ0v) is 12.3. The number of carbonyl (C=O) groups is 3. The molecule has 1 aromatic rings. The zero-order chi connectivity index (χ0) is 16.0. The lowest BCUT2D eigenvalue weighted by Crippen LogP contribution is -2.40. The molecule has 0 aliphatic carbocycles. The average Bonchev–Trinajstić information content (AvgIpc) is 2.40. The van der Waals surface area contributed by atoms with Crippen LogP contribution in [-0.4, -0.2) is 60.5 Å². The summed E-state index contributed by atoms with van der Waals surface area (Å²) < 4.78 is 0. The van der Waals surface area contributed by atoms with Gasteiger partial charge in [0, 0.05) is 26.8 Å². The third-order valence-electron chi connectivity index (χ3n) is 2.82. The van der Waals surface area contributed by atoms with Gasteiger partial charge in [-0.3, -0.25) is 9.59 Å². The van der Waals surface area contributed by atoms with Crippen LogP contribution in [0.25, 0.3) is 0 Å². The van der Waals surface area contributed by atoms with E-state index in [-0.39, 0.29) is 18.9 Å². The number of nitrogens with one attached hydrogen (secondary N) is 1. The maximum absolute atomic E-state index is 12.0. The number of carboxylic acids is 1. The number of likely N-dealkylation sites (N-methyl/N-ethyl adjacent to an activating group) is 2. The Morgan fingerprint density at radius 1 is 1.14 bits per heavy atom. The second kappa shape index (κ2) is 7.28. The molecule has 0 unspecified atom stereocenters. The monoisotopic (exact) mass is 293 g/mol. The van der Waals surface area contributed by atoms with Gasteiger partial charge in [-0.2, -0.15) is 0 Å². The van der Waals surface area contributed by atoms with Gasteiger partial charge in [0.2, 0.25) is 5.91 Å². The number of nitrogens with zero attached hydrogens (tertiary/aromatic N) is 2. The summed E-state index contributed by atoms with van der Waals surface area (Å²) in [5.41, 5.74) is 0.930. The van der Waals surface area contributed by atoms with Crippen molar-refractivity contribution in [2.75, 3.05) is 33.0 Å². The number of carbonyl (C=O) groups excluding carboxylic acids is 2. The van der Waals surface area contributed by atoms with Crippen LogP contribution in [0.2, 0.25) is 0 Å². The van der Waals surface area contributed by atoms with E-state index >= 15 is 0 Å². The first kappa shape index (κ1) is 16.5. The summed E-state index contributed by atoms with van der Waals surface area (Å²) in [4.78, 5) is 37.0. The Balaban J connectivity index is 2.74. The van der Waals surface area contributed by atoms with Crippen molar-refractivity contribution in [3.63, 3.8) is 0 Å². The summed E-state index contributed by atoms with van der Waals surface area (Å²) in [6.07, 6.45) is -0.184. The lowest BCUT2D eigenvalue weighted by molar-refractivity contribution is -0.136. The van der Waals surface area contributed by atoms with E-state index < -0.39 is 12.0 Å². The van der Waals surface area contributed by atoms with Crippen LogP contribution >= 0.6 is 0 Å². The standard InChI is InChI=1S/C14H19N3O4/c1-16(2)12(18)9-17(3)14(21)15-11-7-5-4-6-10(11)8-13(19)20/h4-7H,8-9H2,1-3H3,(H,15,21)(H,19,20). The van der Waals surface area contributed by atoms with Crippen molar-refractivity contribution in [1.29, 1.82) is 0 Å². The molecule has 21 heavy (non-hydrogen) atoms. The molecule has 0 fully saturated rings. The third-order valence-corrected chi connectivity index (χ3v) is 2.82. The van der Waals surface area contributed by atoms with E-state index in [9.17, 15) is 14.4 Å². The second-order valence-corrected chi connectivity index (χ2v) is 4.80. The van der Waals surface area contributed by atoms with Gasteiger partial charge in [0.1, 0.15) is 6.54 Å². The molecule has 1 rings (SSSR count). The fraction of sp³-hybridized carbons (Fsp3) is 0.357. The van der Waals surface area contributed by atoms with E-state index in [4.69, 9.17) is 5.11 Å². The van der Waals surface area contributed by atoms with Gasteiger partial charge >= 0.3 is 12.0 Å². The van der Waals surface area contributed by atoms with Crippen molar-refractivity contribution < 1.29 is 19.5 Å². The molecule has 0 atom stereocenters. The highest BCUT2D eigenvalue weighted by Gasteiger charge is 2.15. The fourth-order valence-corrected chi connectivity index (χ4v) is 1.59. The first-order valence-corrected chi connectivity index (χ1v) is 6.33. The fourth-order valence-electron chi connectivity index (χ4n) is 1.59. The van der Waals surface area contributed by atoms with Gasteiger partial charge in [-0.1, -0.05) is 18.2 Å². The number of amides is 3. The van der Waals surface area contributed by atoms with E-state index in [1.807, 2.05) is 0 Å². The lowest BCUT2D eigenvalue weighted by atomic mass is 10.1. The molecule has 3 amide bonds. The van der Waals surface area contributed by atoms with E-state index in [0.717, 1.165) is 0 Å². The largest absolute Gasteiger partial charge is 0.481 e. The Hall–Kier alpha value is -2.57. The molecule has 7 heteroatoms. The molecule has 0 radical (unpaired) electrons. The van der Waals surface area contributed by atoms with Crippen LogP contribution in [0, 0.1) is 0 Å². The highest BCUT2D eigenvalue weighted by Crippen LogP contribution is 2.16. The van der Waals surface area contributed by atoms with E-state index in [2.05, 4.69) is 5.32 Å². The number of hydrogen-bond acceptors (Lipinski definition) is 3. The molecule has 0 heterocycles. The Bertz CT molecular complexity index is 543. The Kier molecular flexibility index (Phi) is 5.71. The molecule has 114 valence electrons. The molecule has 0 saturated carbocycles. The molecule has 0 bridgehead atoms. The van der Waals surface area contributed by atoms with E-state index in [1.54, 1.807) is 38.4 Å². The summed E-state index contributed by atoms with van der Waals surface area (Å²) in [7, 11) is 4.71. The van der Waals surface area contributed by atoms with Crippen LogP contribution in [-0.2, 0) is 16.0 Å². The topological polar surface area (TPSA) is 90.0 Å². The number of benzene rings is 1. The molecule has 1 aromatic carbocycles. The van der Waals surface area contributed by atoms with Crippen molar-refractivity contribution >= 4 is 23.6 Å². The van der Waals surface area contributed by atoms with Crippen LogP contribution in [0.15, 0.2) is 24.3 Å². The van der Waals surface area contributed by atoms with Crippen LogP contribution in [0.1, 0.15) is 5.56 Å². The molecule has 2 N–H and O–H groups in total. The second-order valence-electron chi connectivity index (χ2n) is 4.80. The Morgan fingerprint density at radius 2 is 1.76 bits per heavy atom. The van der Waals surface area contributed by atoms with Crippen molar-refractivity contribution in [2.24, 2.45) is 0 Å². The summed E-state index contributed by atoms with van der Waals surface area (Å²) >= 11 is 0. The average molecular weight is 293 g/mol. The molecular weight excluding hydrogens is 274 g/mol. The predicted octanol–water partition coefficient (Wildman–Crippen LogP) is 0.866. The van der Waals surface area contributed by atoms with Gasteiger partial charge in [0.05, 0.1) is 6.42 Å². The van der Waals surface area contributed by atoms with Crippen molar-refractivity contribution in [3.8, 4) is 0 Å². The molecule has 0 aliphatic rings. The smallest absolute Gasteiger partial charge is 0.322 e. The predicted molar refractivity (Wildman–Crippen MR) is 78.1 cm³/mol. The molecule has 0 aromatic heterocycles. The van der Waals surface area contributed by atoms with Gasteiger partial charge in [0.25, 0.3) is 0 Å². The van der Waals surface area contributed by atoms with Crippen molar-refractivity contribution in [3.05, 3.63) is 29.8 Å². The lowest BCUT2D eigenvalue weighted by Gasteiger charge is -2.20. The highest BCUT2D eigenvalue weighted by atomic mass is 16.4. The van der Waals surface area contributed by atoms with Crippen molar-refractivity contribution in [2.45, 2.75) is 6.42 Å². The number of hydrogen-bond donors (Lipinski definition) is 2. The number of rotatable bonds is 5. The van der Waals surface area contributed by atoms with Gasteiger partial charge in [0.15, 0.2) is 0 Å². The minimum atomic E-state index is -0.979. The number of aliphatic carboxylic acids is 1. The van der Waals surface area contributed by atoms with Gasteiger partial charge in [-0.25, -0.2) is 4.79 Å². The van der Waals surface area contributed by atoms with Crippen LogP contribution in [0.4, 0.5) is 10.5 Å². The highest BCUT2D eigenvalue weighted by molar-refractivity contribution is 5.93. The Morgan fingerprint density at radius 3 is 2.33 bits per heavy atom. The minimum Gasteiger partial charge on any atom is -0.481 e. The normalized spacial score (nSPS) is 9.86. The first-order valence-electron chi connectivity index (χ1n) is 6.33. The summed E-state index contributed by atoms with van der Waals surface area (Å²) in [5, 5.41) is 11.5. The van der Waals surface area contributed by atoms with Crippen LogP contribution in [0.3, 0.4) is 0 Å². The molecule has 0 aliphatic heterocycles. The number of urea groups is 1. The number of carboxylic acid groups (broad SMARTS) is 1. The van der Waals surface area contributed by atoms with E-state index in [1.165, 1.54) is 16.8 Å². The number of anilines is 1. The molecule has 0 saturated heterocycles. The summed E-state index contributed by atoms with van der Waals surface area (Å²) in [6, 6.07) is 6.19. The molecular formula is C14H19N3O4. The van der Waals surface area contributed by atoms with E-state index in [0.29, 0.717) is 11.3 Å². The summed E-state index contributed by atoms with van der Waals surface area (Å²) in [6.45, 7) is -0.0556. The minimum absolute atomic E-state index is 0.0556. The molecule has 0 spiro atoms. The van der Waals surface area contributed by atoms with Crippen molar-refractivity contribution in [1.82, 2.24) is 9.80 Å². The maximum atomic E-state index is 12.0. The summed E-state index contributed by atoms with van der Waals surface area (Å²) in [5.74, 6) is -1.18. The first-order chi connectivity index (χ1) is 9.81. The van der Waals surface area contributed by atoms with Crippen LogP contribution in [0.5, 0.6) is 0 Å². The van der Waals surface area contributed by atoms with Gasteiger partial charge < -0.3 is 20.2 Å². The zero-order valence-electron chi connectivity index (χ0n) is 12.3. The maximum Gasteiger partial charge on any atom is 0.322 e. The quantitative estimate of drug-likeness (QED) is 0.842. The third kappa shape index (κ3) is 5.13. The SMILES string of the molecule is CN(C)C(=O)CN(C)C(=O)Nc1ccccc1CC(=O)O. The number of para-hydroxylation sites is 1. The van der Waals surface area contributed by atoms with Gasteiger partial charge in [-0.05, 0) is 11.6 Å². The van der Waals surface area contributed by atoms with Crippen LogP contribution < -0.4 is 5.32 Å². The molecule has 7 nitrogen and oxygen atoms in total. The van der Waals surface area contributed by atoms with Gasteiger partial charge in [-0.15, -0.1) is 0 Å².